The normalized spacial score (nSPS) is 11.5. The van der Waals surface area contributed by atoms with Crippen LogP contribution in [0.5, 0.6) is 0 Å². The van der Waals surface area contributed by atoms with Gasteiger partial charge in [0, 0.05) is 0 Å². The summed E-state index contributed by atoms with van der Waals surface area (Å²) in [6.07, 6.45) is 0. The molecule has 0 fully saturated rings. The number of hydrogen-bond acceptors (Lipinski definition) is 4. The second-order valence-electron chi connectivity index (χ2n) is 3.01. The molecular weight excluding hydrogens is 224 g/mol. The molecule has 0 saturated heterocycles. The molecule has 0 aliphatic carbocycles. The van der Waals surface area contributed by atoms with Gasteiger partial charge in [0.2, 0.25) is 0 Å². The molecule has 7 heteroatoms. The Labute approximate surface area is 89.5 Å². The van der Waals surface area contributed by atoms with Gasteiger partial charge in [0.15, 0.2) is 0 Å². The average Bonchev–Trinajstić information content (AvgIpc) is 2.61. The van der Waals surface area contributed by atoms with Gasteiger partial charge in [0.05, 0.1) is 24.3 Å². The van der Waals surface area contributed by atoms with E-state index in [4.69, 9.17) is 5.73 Å². The number of amides is 1. The maximum atomic E-state index is 12.7. The number of carbonyl (C=O) groups excluding carboxylic acids is 1. The van der Waals surface area contributed by atoms with Gasteiger partial charge in [-0.05, 0) is 6.92 Å². The fourth-order valence-electron chi connectivity index (χ4n) is 0.882. The van der Waals surface area contributed by atoms with Crippen LogP contribution in [0.4, 0.5) is 8.78 Å². The third-order valence-electron chi connectivity index (χ3n) is 1.76. The zero-order valence-corrected chi connectivity index (χ0v) is 8.91. The first-order chi connectivity index (χ1) is 6.96. The number of nitrogens with one attached hydrogen (secondary N) is 1. The fourth-order valence-corrected chi connectivity index (χ4v) is 1.60. The minimum absolute atomic E-state index is 0.350. The summed E-state index contributed by atoms with van der Waals surface area (Å²) in [5.74, 6) is -3.60. The second-order valence-corrected chi connectivity index (χ2v) is 3.86. The highest BCUT2D eigenvalue weighted by Crippen LogP contribution is 2.13. The molecule has 0 bridgehead atoms. The van der Waals surface area contributed by atoms with Crippen molar-refractivity contribution in [2.75, 3.05) is 13.1 Å². The first kappa shape index (κ1) is 12.0. The number of nitrogens with two attached hydrogens (primary N) is 1. The van der Waals surface area contributed by atoms with E-state index in [-0.39, 0.29) is 0 Å². The van der Waals surface area contributed by atoms with Crippen LogP contribution in [0.2, 0.25) is 0 Å². The molecule has 1 amide bonds. The maximum absolute atomic E-state index is 12.7. The molecule has 1 aromatic rings. The van der Waals surface area contributed by atoms with Gasteiger partial charge in [-0.2, -0.15) is 0 Å². The van der Waals surface area contributed by atoms with Crippen LogP contribution in [0.25, 0.3) is 0 Å². The third-order valence-corrected chi connectivity index (χ3v) is 2.69. The Morgan fingerprint density at radius 3 is 2.87 bits per heavy atom. The van der Waals surface area contributed by atoms with Gasteiger partial charge < -0.3 is 11.1 Å². The Kier molecular flexibility index (Phi) is 3.70. The van der Waals surface area contributed by atoms with Gasteiger partial charge in [-0.25, -0.2) is 13.8 Å². The lowest BCUT2D eigenvalue weighted by Crippen LogP contribution is -2.41. The summed E-state index contributed by atoms with van der Waals surface area (Å²) in [6.45, 7) is 0.112. The first-order valence-electron chi connectivity index (χ1n) is 4.22. The molecule has 0 unspecified atom stereocenters. The summed E-state index contributed by atoms with van der Waals surface area (Å²) in [7, 11) is 0. The van der Waals surface area contributed by atoms with Gasteiger partial charge in [-0.15, -0.1) is 11.3 Å². The van der Waals surface area contributed by atoms with E-state index in [2.05, 4.69) is 10.3 Å². The van der Waals surface area contributed by atoms with Gasteiger partial charge >= 0.3 is 0 Å². The fraction of sp³-hybridized carbons (Fsp3) is 0.500. The minimum atomic E-state index is -3.06. The van der Waals surface area contributed by atoms with Crippen LogP contribution in [0.1, 0.15) is 15.4 Å². The number of thiazole rings is 1. The highest BCUT2D eigenvalue weighted by molar-refractivity contribution is 7.11. The van der Waals surface area contributed by atoms with E-state index in [1.165, 1.54) is 5.51 Å². The zero-order chi connectivity index (χ0) is 11.5. The van der Waals surface area contributed by atoms with Crippen LogP contribution >= 0.6 is 11.3 Å². The molecule has 84 valence electrons. The molecular formula is C8H11F2N3OS. The van der Waals surface area contributed by atoms with Crippen molar-refractivity contribution >= 4 is 17.2 Å². The van der Waals surface area contributed by atoms with Crippen LogP contribution in [-0.2, 0) is 0 Å². The number of aryl methyl sites for hydroxylation is 1. The van der Waals surface area contributed by atoms with Crippen LogP contribution in [0.3, 0.4) is 0 Å². The lowest BCUT2D eigenvalue weighted by atomic mass is 10.3. The lowest BCUT2D eigenvalue weighted by Gasteiger charge is -2.13. The van der Waals surface area contributed by atoms with Crippen LogP contribution in [0, 0.1) is 6.92 Å². The Bertz CT molecular complexity index is 353. The summed E-state index contributed by atoms with van der Waals surface area (Å²) in [4.78, 5) is 15.6. The van der Waals surface area contributed by atoms with E-state index in [1.807, 2.05) is 0 Å². The number of hydrogen-bond donors (Lipinski definition) is 2. The van der Waals surface area contributed by atoms with Gasteiger partial charge in [0.25, 0.3) is 11.8 Å². The predicted octanol–water partition coefficient (Wildman–Crippen LogP) is 0.775. The Morgan fingerprint density at radius 2 is 2.40 bits per heavy atom. The SMILES string of the molecule is Cc1ncsc1C(=O)NCC(F)(F)CN. The number of halogens is 2. The molecule has 0 spiro atoms. The number of alkyl halides is 2. The zero-order valence-electron chi connectivity index (χ0n) is 8.09. The third kappa shape index (κ3) is 3.21. The van der Waals surface area contributed by atoms with E-state index in [0.29, 0.717) is 10.6 Å². The molecule has 1 heterocycles. The van der Waals surface area contributed by atoms with E-state index >= 15 is 0 Å². The van der Waals surface area contributed by atoms with Crippen molar-refractivity contribution in [3.63, 3.8) is 0 Å². The summed E-state index contributed by atoms with van der Waals surface area (Å²) in [6, 6.07) is 0. The second kappa shape index (κ2) is 4.63. The molecule has 3 N–H and O–H groups in total. The van der Waals surface area contributed by atoms with Crippen molar-refractivity contribution in [1.29, 1.82) is 0 Å². The highest BCUT2D eigenvalue weighted by atomic mass is 32.1. The van der Waals surface area contributed by atoms with E-state index in [1.54, 1.807) is 6.92 Å². The topological polar surface area (TPSA) is 68.0 Å². The molecule has 0 aliphatic heterocycles. The van der Waals surface area contributed by atoms with Crippen molar-refractivity contribution in [3.8, 4) is 0 Å². The van der Waals surface area contributed by atoms with Crippen molar-refractivity contribution in [2.24, 2.45) is 5.73 Å². The predicted molar refractivity (Wildman–Crippen MR) is 53.2 cm³/mol. The summed E-state index contributed by atoms with van der Waals surface area (Å²) >= 11 is 1.12. The molecule has 0 aromatic carbocycles. The molecule has 4 nitrogen and oxygen atoms in total. The number of aromatic nitrogens is 1. The lowest BCUT2D eigenvalue weighted by molar-refractivity contribution is 0.0119. The van der Waals surface area contributed by atoms with Crippen LogP contribution < -0.4 is 11.1 Å². The number of nitrogens with zero attached hydrogens (tertiary/aromatic N) is 1. The number of rotatable bonds is 4. The minimum Gasteiger partial charge on any atom is -0.345 e. The molecule has 0 saturated carbocycles. The van der Waals surface area contributed by atoms with Gasteiger partial charge in [-0.3, -0.25) is 4.79 Å². The van der Waals surface area contributed by atoms with Crippen molar-refractivity contribution in [3.05, 3.63) is 16.1 Å². The van der Waals surface area contributed by atoms with Crippen LogP contribution in [-0.4, -0.2) is 29.9 Å². The van der Waals surface area contributed by atoms with Crippen LogP contribution in [0.15, 0.2) is 5.51 Å². The molecule has 1 rings (SSSR count). The maximum Gasteiger partial charge on any atom is 0.277 e. The quantitative estimate of drug-likeness (QED) is 0.810. The standard InChI is InChI=1S/C8H11F2N3OS/c1-5-6(15-4-13-5)7(14)12-3-8(9,10)2-11/h4H,2-3,11H2,1H3,(H,12,14). The smallest absolute Gasteiger partial charge is 0.277 e. The van der Waals surface area contributed by atoms with Gasteiger partial charge in [-0.1, -0.05) is 0 Å². The van der Waals surface area contributed by atoms with E-state index in [0.717, 1.165) is 11.3 Å². The molecule has 0 radical (unpaired) electrons. The molecule has 1 aromatic heterocycles. The van der Waals surface area contributed by atoms with Crippen molar-refractivity contribution in [1.82, 2.24) is 10.3 Å². The molecule has 15 heavy (non-hydrogen) atoms. The highest BCUT2D eigenvalue weighted by Gasteiger charge is 2.27. The van der Waals surface area contributed by atoms with E-state index in [9.17, 15) is 13.6 Å². The summed E-state index contributed by atoms with van der Waals surface area (Å²) < 4.78 is 25.4. The summed E-state index contributed by atoms with van der Waals surface area (Å²) in [5.41, 5.74) is 6.86. The van der Waals surface area contributed by atoms with E-state index < -0.39 is 24.9 Å². The average molecular weight is 235 g/mol. The number of carbonyl (C=O) groups is 1. The Hall–Kier alpha value is -1.08. The molecule has 0 aliphatic rings. The van der Waals surface area contributed by atoms with Crippen molar-refractivity contribution in [2.45, 2.75) is 12.8 Å². The van der Waals surface area contributed by atoms with Gasteiger partial charge in [0.1, 0.15) is 4.88 Å². The Morgan fingerprint density at radius 1 is 1.73 bits per heavy atom. The monoisotopic (exact) mass is 235 g/mol. The largest absolute Gasteiger partial charge is 0.345 e. The Balaban J connectivity index is 2.55. The summed E-state index contributed by atoms with van der Waals surface area (Å²) in [5, 5.41) is 2.12. The molecule has 0 atom stereocenters. The van der Waals surface area contributed by atoms with Crippen molar-refractivity contribution < 1.29 is 13.6 Å². The first-order valence-corrected chi connectivity index (χ1v) is 5.10.